The lowest BCUT2D eigenvalue weighted by atomic mass is 10.2. The quantitative estimate of drug-likeness (QED) is 0.849. The third-order valence-electron chi connectivity index (χ3n) is 2.63. The zero-order valence-corrected chi connectivity index (χ0v) is 11.0. The average molecular weight is 258 g/mol. The maximum absolute atomic E-state index is 11.4. The number of aromatic nitrogens is 3. The third-order valence-corrected chi connectivity index (χ3v) is 2.63. The summed E-state index contributed by atoms with van der Waals surface area (Å²) in [6.07, 6.45) is 0. The van der Waals surface area contributed by atoms with Gasteiger partial charge in [-0.3, -0.25) is 0 Å². The van der Waals surface area contributed by atoms with Gasteiger partial charge >= 0.3 is 5.97 Å². The maximum atomic E-state index is 11.4. The fourth-order valence-corrected chi connectivity index (χ4v) is 1.48. The number of nitrogens with zero attached hydrogens (tertiary/aromatic N) is 3. The highest BCUT2D eigenvalue weighted by Gasteiger charge is 2.07. The lowest BCUT2D eigenvalue weighted by Crippen LogP contribution is -2.04. The molecule has 19 heavy (non-hydrogen) atoms. The number of carbonyl (C=O) groups is 1. The molecule has 1 heterocycles. The van der Waals surface area contributed by atoms with Crippen LogP contribution >= 0.6 is 0 Å². The molecule has 0 fully saturated rings. The highest BCUT2D eigenvalue weighted by molar-refractivity contribution is 5.90. The van der Waals surface area contributed by atoms with Gasteiger partial charge in [0.1, 0.15) is 0 Å². The van der Waals surface area contributed by atoms with Crippen LogP contribution in [0.15, 0.2) is 24.3 Å². The molecule has 2 rings (SSSR count). The van der Waals surface area contributed by atoms with E-state index in [4.69, 9.17) is 0 Å². The van der Waals surface area contributed by atoms with Crippen molar-refractivity contribution in [3.8, 4) is 0 Å². The van der Waals surface area contributed by atoms with Crippen molar-refractivity contribution in [2.75, 3.05) is 12.4 Å². The van der Waals surface area contributed by atoms with Crippen LogP contribution in [0.5, 0.6) is 0 Å². The average Bonchev–Trinajstić information content (AvgIpc) is 2.42. The van der Waals surface area contributed by atoms with Crippen molar-refractivity contribution in [3.63, 3.8) is 0 Å². The highest BCUT2D eigenvalue weighted by Crippen LogP contribution is 2.15. The summed E-state index contributed by atoms with van der Waals surface area (Å²) in [5.74, 6) is 0.00731. The van der Waals surface area contributed by atoms with E-state index in [-0.39, 0.29) is 5.97 Å². The molecule has 0 atom stereocenters. The molecular weight excluding hydrogens is 244 g/mol. The molecule has 2 aromatic rings. The SMILES string of the molecule is COC(=O)c1cccc(Nc2nnc(C)c(C)n2)c1. The number of ether oxygens (including phenoxy) is 1. The molecule has 0 unspecified atom stereocenters. The number of rotatable bonds is 3. The number of aryl methyl sites for hydroxylation is 2. The Morgan fingerprint density at radius 2 is 2.00 bits per heavy atom. The van der Waals surface area contributed by atoms with Crippen molar-refractivity contribution in [1.29, 1.82) is 0 Å². The van der Waals surface area contributed by atoms with E-state index in [9.17, 15) is 4.79 Å². The number of hydrogen-bond donors (Lipinski definition) is 1. The molecule has 6 heteroatoms. The Balaban J connectivity index is 2.23. The minimum Gasteiger partial charge on any atom is -0.465 e. The van der Waals surface area contributed by atoms with Crippen LogP contribution < -0.4 is 5.32 Å². The summed E-state index contributed by atoms with van der Waals surface area (Å²) in [5.41, 5.74) is 2.76. The molecule has 1 aromatic carbocycles. The lowest BCUT2D eigenvalue weighted by molar-refractivity contribution is 0.0601. The Morgan fingerprint density at radius 1 is 1.21 bits per heavy atom. The van der Waals surface area contributed by atoms with E-state index in [1.54, 1.807) is 18.2 Å². The molecule has 1 N–H and O–H groups in total. The second-order valence-electron chi connectivity index (χ2n) is 4.00. The fourth-order valence-electron chi connectivity index (χ4n) is 1.48. The lowest BCUT2D eigenvalue weighted by Gasteiger charge is -2.07. The second kappa shape index (κ2) is 5.43. The Hall–Kier alpha value is -2.50. The van der Waals surface area contributed by atoms with Crippen molar-refractivity contribution in [3.05, 3.63) is 41.2 Å². The Kier molecular flexibility index (Phi) is 3.70. The van der Waals surface area contributed by atoms with E-state index in [1.165, 1.54) is 7.11 Å². The molecule has 98 valence electrons. The van der Waals surface area contributed by atoms with E-state index < -0.39 is 0 Å². The summed E-state index contributed by atoms with van der Waals surface area (Å²) >= 11 is 0. The predicted octanol–water partition coefficient (Wildman–Crippen LogP) is 2.02. The predicted molar refractivity (Wildman–Crippen MR) is 70.4 cm³/mol. The number of hydrogen-bond acceptors (Lipinski definition) is 6. The van der Waals surface area contributed by atoms with Gasteiger partial charge in [0.05, 0.1) is 24.1 Å². The second-order valence-corrected chi connectivity index (χ2v) is 4.00. The molecule has 0 spiro atoms. The Morgan fingerprint density at radius 3 is 2.68 bits per heavy atom. The normalized spacial score (nSPS) is 10.1. The highest BCUT2D eigenvalue weighted by atomic mass is 16.5. The van der Waals surface area contributed by atoms with Crippen LogP contribution in [0.25, 0.3) is 0 Å². The van der Waals surface area contributed by atoms with E-state index in [2.05, 4.69) is 25.2 Å². The molecule has 0 radical (unpaired) electrons. The van der Waals surface area contributed by atoms with E-state index >= 15 is 0 Å². The van der Waals surface area contributed by atoms with E-state index in [1.807, 2.05) is 19.9 Å². The van der Waals surface area contributed by atoms with E-state index in [0.29, 0.717) is 17.2 Å². The first-order chi connectivity index (χ1) is 9.10. The largest absolute Gasteiger partial charge is 0.465 e. The van der Waals surface area contributed by atoms with Crippen LogP contribution in [0.4, 0.5) is 11.6 Å². The van der Waals surface area contributed by atoms with Crippen LogP contribution in [0, 0.1) is 13.8 Å². The fraction of sp³-hybridized carbons (Fsp3) is 0.231. The zero-order chi connectivity index (χ0) is 13.8. The first-order valence-corrected chi connectivity index (χ1v) is 5.73. The number of anilines is 2. The zero-order valence-electron chi connectivity index (χ0n) is 11.0. The number of nitrogens with one attached hydrogen (secondary N) is 1. The van der Waals surface area contributed by atoms with Crippen molar-refractivity contribution in [2.45, 2.75) is 13.8 Å². The van der Waals surface area contributed by atoms with Gasteiger partial charge in [-0.2, -0.15) is 5.10 Å². The monoisotopic (exact) mass is 258 g/mol. The molecule has 0 saturated carbocycles. The molecule has 0 aliphatic rings. The molecular formula is C13H14N4O2. The van der Waals surface area contributed by atoms with Gasteiger partial charge in [0.2, 0.25) is 5.95 Å². The van der Waals surface area contributed by atoms with Gasteiger partial charge in [-0.15, -0.1) is 5.10 Å². The van der Waals surface area contributed by atoms with Gasteiger partial charge in [0.15, 0.2) is 0 Å². The van der Waals surface area contributed by atoms with Gasteiger partial charge in [-0.25, -0.2) is 9.78 Å². The standard InChI is InChI=1S/C13H14N4O2/c1-8-9(2)16-17-13(14-8)15-11-6-4-5-10(7-11)12(18)19-3/h4-7H,1-3H3,(H,14,15,17). The van der Waals surface area contributed by atoms with Crippen molar-refractivity contribution >= 4 is 17.6 Å². The number of esters is 1. The summed E-state index contributed by atoms with van der Waals surface area (Å²) in [6.45, 7) is 3.71. The summed E-state index contributed by atoms with van der Waals surface area (Å²) in [4.78, 5) is 15.7. The van der Waals surface area contributed by atoms with Crippen LogP contribution in [0.1, 0.15) is 21.7 Å². The Labute approximate surface area is 110 Å². The molecule has 0 amide bonds. The molecule has 0 aliphatic heterocycles. The van der Waals surface area contributed by atoms with Gasteiger partial charge in [0, 0.05) is 5.69 Å². The smallest absolute Gasteiger partial charge is 0.337 e. The van der Waals surface area contributed by atoms with Crippen LogP contribution in [-0.4, -0.2) is 28.3 Å². The van der Waals surface area contributed by atoms with Crippen molar-refractivity contribution in [2.24, 2.45) is 0 Å². The summed E-state index contributed by atoms with van der Waals surface area (Å²) < 4.78 is 4.67. The van der Waals surface area contributed by atoms with Gasteiger partial charge in [-0.05, 0) is 32.0 Å². The topological polar surface area (TPSA) is 77.0 Å². The summed E-state index contributed by atoms with van der Waals surface area (Å²) in [7, 11) is 1.35. The third kappa shape index (κ3) is 3.04. The Bertz CT molecular complexity index is 613. The van der Waals surface area contributed by atoms with Gasteiger partial charge in [0.25, 0.3) is 0 Å². The minimum absolute atomic E-state index is 0.386. The minimum atomic E-state index is -0.386. The van der Waals surface area contributed by atoms with Gasteiger partial charge < -0.3 is 10.1 Å². The van der Waals surface area contributed by atoms with Crippen LogP contribution in [0.3, 0.4) is 0 Å². The van der Waals surface area contributed by atoms with Crippen molar-refractivity contribution < 1.29 is 9.53 Å². The molecule has 1 aromatic heterocycles. The maximum Gasteiger partial charge on any atom is 0.337 e. The van der Waals surface area contributed by atoms with Gasteiger partial charge in [-0.1, -0.05) is 6.07 Å². The summed E-state index contributed by atoms with van der Waals surface area (Å²) in [5, 5.41) is 10.9. The van der Waals surface area contributed by atoms with Crippen LogP contribution in [-0.2, 0) is 4.74 Å². The molecule has 0 aliphatic carbocycles. The number of methoxy groups -OCH3 is 1. The molecule has 0 saturated heterocycles. The first kappa shape index (κ1) is 12.9. The molecule has 6 nitrogen and oxygen atoms in total. The number of carbonyl (C=O) groups excluding carboxylic acids is 1. The van der Waals surface area contributed by atoms with Crippen molar-refractivity contribution in [1.82, 2.24) is 15.2 Å². The van der Waals surface area contributed by atoms with E-state index in [0.717, 1.165) is 11.4 Å². The summed E-state index contributed by atoms with van der Waals surface area (Å²) in [6, 6.07) is 6.91. The molecule has 0 bridgehead atoms. The number of benzene rings is 1. The van der Waals surface area contributed by atoms with Crippen LogP contribution in [0.2, 0.25) is 0 Å². The first-order valence-electron chi connectivity index (χ1n) is 5.73.